The Balaban J connectivity index is 2.49. The molecule has 2 rings (SSSR count). The van der Waals surface area contributed by atoms with Gasteiger partial charge in [-0.25, -0.2) is 0 Å². The number of phenols is 1. The van der Waals surface area contributed by atoms with Crippen LogP contribution in [0.5, 0.6) is 5.75 Å². The number of rotatable bonds is 1. The molecule has 1 saturated heterocycles. The second kappa shape index (κ2) is 4.27. The molecule has 3 nitrogen and oxygen atoms in total. The zero-order valence-electron chi connectivity index (χ0n) is 8.48. The quantitative estimate of drug-likeness (QED) is 0.594. The standard InChI is InChI=1S/C11H9NO2S2/c1-6(7-4-2-3-5-8(7)13)9-10(14)12-11(15)16-9/h2-5,13H,1H3,(H,12,14,15)/b9-6+. The van der Waals surface area contributed by atoms with E-state index in [-0.39, 0.29) is 11.7 Å². The number of thioether (sulfide) groups is 1. The Morgan fingerprint density at radius 1 is 1.44 bits per heavy atom. The third-order valence-electron chi connectivity index (χ3n) is 2.27. The van der Waals surface area contributed by atoms with Crippen molar-refractivity contribution in [1.82, 2.24) is 5.32 Å². The summed E-state index contributed by atoms with van der Waals surface area (Å²) in [5.41, 5.74) is 1.39. The van der Waals surface area contributed by atoms with E-state index in [1.807, 2.05) is 6.07 Å². The number of aromatic hydroxyl groups is 1. The monoisotopic (exact) mass is 251 g/mol. The molecule has 1 aliphatic heterocycles. The Kier molecular flexibility index (Phi) is 2.98. The van der Waals surface area contributed by atoms with E-state index in [1.165, 1.54) is 11.8 Å². The molecule has 0 unspecified atom stereocenters. The Labute approximate surface area is 103 Å². The summed E-state index contributed by atoms with van der Waals surface area (Å²) >= 11 is 6.13. The van der Waals surface area contributed by atoms with Gasteiger partial charge in [0.1, 0.15) is 10.1 Å². The average Bonchev–Trinajstić information content (AvgIpc) is 2.58. The smallest absolute Gasteiger partial charge is 0.263 e. The first-order valence-corrected chi connectivity index (χ1v) is 5.84. The van der Waals surface area contributed by atoms with Crippen molar-refractivity contribution in [1.29, 1.82) is 0 Å². The molecule has 16 heavy (non-hydrogen) atoms. The van der Waals surface area contributed by atoms with Crippen molar-refractivity contribution in [3.05, 3.63) is 34.7 Å². The summed E-state index contributed by atoms with van der Waals surface area (Å²) in [6.07, 6.45) is 0. The number of carbonyl (C=O) groups excluding carboxylic acids is 1. The van der Waals surface area contributed by atoms with E-state index in [9.17, 15) is 9.90 Å². The van der Waals surface area contributed by atoms with Crippen LogP contribution in [0.1, 0.15) is 12.5 Å². The van der Waals surface area contributed by atoms with E-state index < -0.39 is 0 Å². The van der Waals surface area contributed by atoms with Crippen LogP contribution < -0.4 is 5.32 Å². The summed E-state index contributed by atoms with van der Waals surface area (Å²) in [4.78, 5) is 12.1. The maximum absolute atomic E-state index is 11.6. The van der Waals surface area contributed by atoms with Gasteiger partial charge in [-0.2, -0.15) is 0 Å². The van der Waals surface area contributed by atoms with Gasteiger partial charge >= 0.3 is 0 Å². The van der Waals surface area contributed by atoms with Crippen LogP contribution in [0.2, 0.25) is 0 Å². The van der Waals surface area contributed by atoms with Crippen molar-refractivity contribution < 1.29 is 9.90 Å². The second-order valence-electron chi connectivity index (χ2n) is 3.31. The number of allylic oxidation sites excluding steroid dienone is 1. The fraction of sp³-hybridized carbons (Fsp3) is 0.0909. The predicted molar refractivity (Wildman–Crippen MR) is 69.0 cm³/mol. The van der Waals surface area contributed by atoms with Crippen molar-refractivity contribution in [3.8, 4) is 5.75 Å². The Morgan fingerprint density at radius 3 is 2.69 bits per heavy atom. The van der Waals surface area contributed by atoms with Crippen LogP contribution in [-0.2, 0) is 4.79 Å². The molecule has 1 heterocycles. The minimum Gasteiger partial charge on any atom is -0.507 e. The van der Waals surface area contributed by atoms with Crippen LogP contribution in [0.25, 0.3) is 5.57 Å². The first kappa shape index (κ1) is 11.2. The summed E-state index contributed by atoms with van der Waals surface area (Å²) in [5.74, 6) is -0.0329. The minimum atomic E-state index is -0.198. The second-order valence-corrected chi connectivity index (χ2v) is 5.00. The van der Waals surface area contributed by atoms with Gasteiger partial charge in [-0.3, -0.25) is 4.79 Å². The highest BCUT2D eigenvalue weighted by Gasteiger charge is 2.25. The Hall–Kier alpha value is -1.33. The molecule has 0 saturated carbocycles. The van der Waals surface area contributed by atoms with Gasteiger partial charge in [0, 0.05) is 5.56 Å². The fourth-order valence-corrected chi connectivity index (χ4v) is 2.55. The molecule has 1 aliphatic rings. The van der Waals surface area contributed by atoms with E-state index in [2.05, 4.69) is 5.32 Å². The number of para-hydroxylation sites is 1. The summed E-state index contributed by atoms with van der Waals surface area (Å²) in [5, 5.41) is 12.2. The molecular weight excluding hydrogens is 242 g/mol. The van der Waals surface area contributed by atoms with E-state index in [0.717, 1.165) is 5.57 Å². The normalized spacial score (nSPS) is 18.6. The zero-order valence-corrected chi connectivity index (χ0v) is 10.1. The number of nitrogens with one attached hydrogen (secondary N) is 1. The predicted octanol–water partition coefficient (Wildman–Crippen LogP) is 2.27. The van der Waals surface area contributed by atoms with Crippen LogP contribution >= 0.6 is 24.0 Å². The Morgan fingerprint density at radius 2 is 2.12 bits per heavy atom. The molecule has 5 heteroatoms. The number of hydrogen-bond acceptors (Lipinski definition) is 4. The Bertz CT molecular complexity index is 508. The van der Waals surface area contributed by atoms with Gasteiger partial charge in [-0.1, -0.05) is 42.2 Å². The molecule has 1 aromatic carbocycles. The van der Waals surface area contributed by atoms with E-state index in [1.54, 1.807) is 25.1 Å². The van der Waals surface area contributed by atoms with Crippen molar-refractivity contribution in [2.75, 3.05) is 0 Å². The van der Waals surface area contributed by atoms with Gasteiger partial charge in [0.15, 0.2) is 0 Å². The topological polar surface area (TPSA) is 49.3 Å². The molecule has 0 aliphatic carbocycles. The van der Waals surface area contributed by atoms with Crippen molar-refractivity contribution in [2.24, 2.45) is 0 Å². The number of carbonyl (C=O) groups is 1. The molecule has 0 radical (unpaired) electrons. The number of hydrogen-bond donors (Lipinski definition) is 2. The lowest BCUT2D eigenvalue weighted by Gasteiger charge is -2.05. The summed E-state index contributed by atoms with van der Waals surface area (Å²) in [6.45, 7) is 1.80. The largest absolute Gasteiger partial charge is 0.507 e. The zero-order chi connectivity index (χ0) is 11.7. The average molecular weight is 251 g/mol. The lowest BCUT2D eigenvalue weighted by atomic mass is 10.1. The molecule has 0 aromatic heterocycles. The van der Waals surface area contributed by atoms with Crippen LogP contribution in [0, 0.1) is 0 Å². The van der Waals surface area contributed by atoms with Crippen molar-refractivity contribution in [3.63, 3.8) is 0 Å². The highest BCUT2D eigenvalue weighted by Crippen LogP contribution is 2.34. The summed E-state index contributed by atoms with van der Waals surface area (Å²) in [6, 6.07) is 6.92. The van der Waals surface area contributed by atoms with E-state index in [0.29, 0.717) is 14.8 Å². The maximum atomic E-state index is 11.6. The fourth-order valence-electron chi connectivity index (χ4n) is 1.47. The van der Waals surface area contributed by atoms with Crippen LogP contribution in [0.15, 0.2) is 29.2 Å². The number of phenolic OH excluding ortho intramolecular Hbond substituents is 1. The van der Waals surface area contributed by atoms with Gasteiger partial charge in [0.05, 0.1) is 4.91 Å². The minimum absolute atomic E-state index is 0.165. The lowest BCUT2D eigenvalue weighted by molar-refractivity contribution is -0.115. The maximum Gasteiger partial charge on any atom is 0.263 e. The van der Waals surface area contributed by atoms with Crippen LogP contribution in [0.3, 0.4) is 0 Å². The van der Waals surface area contributed by atoms with Gasteiger partial charge in [0.25, 0.3) is 5.91 Å². The first-order chi connectivity index (χ1) is 7.59. The summed E-state index contributed by atoms with van der Waals surface area (Å²) < 4.78 is 0.453. The molecule has 0 bridgehead atoms. The molecule has 82 valence electrons. The SMILES string of the molecule is C/C(=C1\SC(=S)NC1=O)c1ccccc1O. The molecule has 2 N–H and O–H groups in total. The highest BCUT2D eigenvalue weighted by atomic mass is 32.2. The van der Waals surface area contributed by atoms with Crippen LogP contribution in [0.4, 0.5) is 0 Å². The van der Waals surface area contributed by atoms with Gasteiger partial charge in [-0.05, 0) is 18.6 Å². The lowest BCUT2D eigenvalue weighted by Crippen LogP contribution is -2.18. The third-order valence-corrected chi connectivity index (χ3v) is 3.60. The number of thiocarbonyl (C=S) groups is 1. The van der Waals surface area contributed by atoms with Crippen molar-refractivity contribution >= 4 is 39.8 Å². The van der Waals surface area contributed by atoms with Gasteiger partial charge in [-0.15, -0.1) is 0 Å². The van der Waals surface area contributed by atoms with E-state index in [4.69, 9.17) is 12.2 Å². The molecule has 0 spiro atoms. The third kappa shape index (κ3) is 1.96. The van der Waals surface area contributed by atoms with E-state index >= 15 is 0 Å². The molecule has 1 fully saturated rings. The molecular formula is C11H9NO2S2. The van der Waals surface area contributed by atoms with Gasteiger partial charge in [0.2, 0.25) is 0 Å². The van der Waals surface area contributed by atoms with Crippen LogP contribution in [-0.4, -0.2) is 15.3 Å². The molecule has 1 aromatic rings. The van der Waals surface area contributed by atoms with Crippen molar-refractivity contribution in [2.45, 2.75) is 6.92 Å². The molecule has 1 amide bonds. The highest BCUT2D eigenvalue weighted by molar-refractivity contribution is 8.26. The number of benzene rings is 1. The number of amides is 1. The first-order valence-electron chi connectivity index (χ1n) is 4.62. The summed E-state index contributed by atoms with van der Waals surface area (Å²) in [7, 11) is 0. The van der Waals surface area contributed by atoms with Gasteiger partial charge < -0.3 is 10.4 Å². The molecule has 0 atom stereocenters.